The van der Waals surface area contributed by atoms with Gasteiger partial charge in [-0.2, -0.15) is 0 Å². The molecule has 0 aromatic carbocycles. The molecule has 4 heteroatoms. The van der Waals surface area contributed by atoms with Crippen LogP contribution in [-0.4, -0.2) is 35.1 Å². The molecule has 66 valence electrons. The van der Waals surface area contributed by atoms with E-state index in [0.717, 1.165) is 19.4 Å². The topological polar surface area (TPSA) is 32.7 Å². The Balaban J connectivity index is 2.51. The van der Waals surface area contributed by atoms with Crippen molar-refractivity contribution >= 4 is 23.3 Å². The van der Waals surface area contributed by atoms with Gasteiger partial charge in [-0.25, -0.2) is 4.99 Å². The molecule has 0 aromatic rings. The Kier molecular flexibility index (Phi) is 3.38. The summed E-state index contributed by atoms with van der Waals surface area (Å²) in [6, 6.07) is 0.181. The highest BCUT2D eigenvalue weighted by Crippen LogP contribution is 2.12. The summed E-state index contributed by atoms with van der Waals surface area (Å²) >= 11 is 4.52. The van der Waals surface area contributed by atoms with Crippen molar-refractivity contribution in [3.63, 3.8) is 0 Å². The minimum Gasteiger partial charge on any atom is -0.341 e. The summed E-state index contributed by atoms with van der Waals surface area (Å²) in [6.45, 7) is 3.15. The lowest BCUT2D eigenvalue weighted by Crippen LogP contribution is -2.40. The van der Waals surface area contributed by atoms with Crippen LogP contribution in [0, 0.1) is 0 Å². The SMILES string of the molecule is CC(=O)N1CCC[C@@H](N=C=S)C1. The summed E-state index contributed by atoms with van der Waals surface area (Å²) in [4.78, 5) is 16.8. The second kappa shape index (κ2) is 4.33. The van der Waals surface area contributed by atoms with E-state index in [2.05, 4.69) is 22.4 Å². The molecule has 0 aromatic heterocycles. The molecule has 1 aliphatic heterocycles. The van der Waals surface area contributed by atoms with E-state index in [0.29, 0.717) is 6.54 Å². The number of amides is 1. The predicted octanol–water partition coefficient (Wildman–Crippen LogP) is 1.10. The zero-order chi connectivity index (χ0) is 8.97. The molecule has 3 nitrogen and oxygen atoms in total. The summed E-state index contributed by atoms with van der Waals surface area (Å²) in [5, 5.41) is 2.37. The molecular weight excluding hydrogens is 172 g/mol. The van der Waals surface area contributed by atoms with Gasteiger partial charge in [0, 0.05) is 20.0 Å². The summed E-state index contributed by atoms with van der Waals surface area (Å²) in [5.41, 5.74) is 0. The maximum atomic E-state index is 11.0. The Hall–Kier alpha value is -0.730. The zero-order valence-electron chi connectivity index (χ0n) is 7.12. The number of piperidine rings is 1. The van der Waals surface area contributed by atoms with Gasteiger partial charge in [0.15, 0.2) is 0 Å². The fourth-order valence-corrected chi connectivity index (χ4v) is 1.57. The first-order valence-corrected chi connectivity index (χ1v) is 4.47. The van der Waals surface area contributed by atoms with Gasteiger partial charge in [-0.1, -0.05) is 0 Å². The van der Waals surface area contributed by atoms with Crippen molar-refractivity contribution in [3.05, 3.63) is 0 Å². The molecule has 0 N–H and O–H groups in total. The molecule has 1 amide bonds. The van der Waals surface area contributed by atoms with Gasteiger partial charge in [0.05, 0.1) is 11.2 Å². The number of thiocarbonyl (C=S) groups is 1. The summed E-state index contributed by atoms with van der Waals surface area (Å²) < 4.78 is 0. The fourth-order valence-electron chi connectivity index (χ4n) is 1.42. The molecular formula is C8H12N2OS. The first-order valence-electron chi connectivity index (χ1n) is 4.06. The third kappa shape index (κ3) is 2.40. The molecule has 1 aliphatic rings. The maximum absolute atomic E-state index is 11.0. The number of carbonyl (C=O) groups is 1. The van der Waals surface area contributed by atoms with Crippen LogP contribution in [0.15, 0.2) is 4.99 Å². The zero-order valence-corrected chi connectivity index (χ0v) is 7.93. The van der Waals surface area contributed by atoms with E-state index in [4.69, 9.17) is 0 Å². The second-order valence-corrected chi connectivity index (χ2v) is 3.16. The van der Waals surface area contributed by atoms with E-state index >= 15 is 0 Å². The number of hydrogen-bond donors (Lipinski definition) is 0. The van der Waals surface area contributed by atoms with Gasteiger partial charge in [-0.15, -0.1) is 0 Å². The van der Waals surface area contributed by atoms with Gasteiger partial charge >= 0.3 is 0 Å². The van der Waals surface area contributed by atoms with Gasteiger partial charge in [0.25, 0.3) is 0 Å². The van der Waals surface area contributed by atoms with Gasteiger partial charge in [-0.3, -0.25) is 4.79 Å². The number of likely N-dealkylation sites (tertiary alicyclic amines) is 1. The van der Waals surface area contributed by atoms with Crippen LogP contribution in [-0.2, 0) is 4.79 Å². The highest BCUT2D eigenvalue weighted by Gasteiger charge is 2.20. The van der Waals surface area contributed by atoms with Crippen LogP contribution in [0.1, 0.15) is 19.8 Å². The number of isothiocyanates is 1. The number of aliphatic imine (C=N–C) groups is 1. The van der Waals surface area contributed by atoms with E-state index in [1.807, 2.05) is 4.90 Å². The predicted molar refractivity (Wildman–Crippen MR) is 50.3 cm³/mol. The van der Waals surface area contributed by atoms with Crippen molar-refractivity contribution in [3.8, 4) is 0 Å². The van der Waals surface area contributed by atoms with Crippen molar-refractivity contribution in [2.24, 2.45) is 4.99 Å². The van der Waals surface area contributed by atoms with Crippen LogP contribution in [0.25, 0.3) is 0 Å². The smallest absolute Gasteiger partial charge is 0.219 e. The largest absolute Gasteiger partial charge is 0.341 e. The van der Waals surface area contributed by atoms with Crippen molar-refractivity contribution in [2.75, 3.05) is 13.1 Å². The monoisotopic (exact) mass is 184 g/mol. The molecule has 0 spiro atoms. The van der Waals surface area contributed by atoms with Crippen LogP contribution in [0.3, 0.4) is 0 Å². The third-order valence-electron chi connectivity index (χ3n) is 2.08. The van der Waals surface area contributed by atoms with Gasteiger partial charge in [0.2, 0.25) is 5.91 Å². The third-order valence-corrected chi connectivity index (χ3v) is 2.18. The van der Waals surface area contributed by atoms with Gasteiger partial charge in [0.1, 0.15) is 0 Å². The summed E-state index contributed by atoms with van der Waals surface area (Å²) in [6.07, 6.45) is 2.04. The molecule has 1 atom stereocenters. The van der Waals surface area contributed by atoms with Gasteiger partial charge in [-0.05, 0) is 25.1 Å². The highest BCUT2D eigenvalue weighted by molar-refractivity contribution is 7.78. The minimum atomic E-state index is 0.124. The average Bonchev–Trinajstić information content (AvgIpc) is 2.05. The van der Waals surface area contributed by atoms with Crippen LogP contribution in [0.4, 0.5) is 0 Å². The van der Waals surface area contributed by atoms with Crippen molar-refractivity contribution in [1.82, 2.24) is 4.90 Å². The molecule has 12 heavy (non-hydrogen) atoms. The van der Waals surface area contributed by atoms with E-state index in [9.17, 15) is 4.79 Å². The van der Waals surface area contributed by atoms with E-state index in [1.165, 1.54) is 0 Å². The number of hydrogen-bond acceptors (Lipinski definition) is 3. The lowest BCUT2D eigenvalue weighted by molar-refractivity contribution is -0.129. The van der Waals surface area contributed by atoms with Crippen LogP contribution in [0.2, 0.25) is 0 Å². The van der Waals surface area contributed by atoms with Crippen LogP contribution in [0.5, 0.6) is 0 Å². The average molecular weight is 184 g/mol. The molecule has 0 saturated carbocycles. The second-order valence-electron chi connectivity index (χ2n) is 2.98. The Morgan fingerprint density at radius 2 is 2.50 bits per heavy atom. The van der Waals surface area contributed by atoms with Crippen molar-refractivity contribution in [1.29, 1.82) is 0 Å². The Bertz CT molecular complexity index is 215. The van der Waals surface area contributed by atoms with Crippen LogP contribution >= 0.6 is 12.2 Å². The maximum Gasteiger partial charge on any atom is 0.219 e. The van der Waals surface area contributed by atoms with E-state index in [1.54, 1.807) is 6.92 Å². The van der Waals surface area contributed by atoms with Crippen LogP contribution < -0.4 is 0 Å². The Labute approximate surface area is 77.5 Å². The van der Waals surface area contributed by atoms with Gasteiger partial charge < -0.3 is 4.90 Å². The number of nitrogens with zero attached hydrogens (tertiary/aromatic N) is 2. The molecule has 0 unspecified atom stereocenters. The van der Waals surface area contributed by atoms with E-state index in [-0.39, 0.29) is 11.9 Å². The van der Waals surface area contributed by atoms with E-state index < -0.39 is 0 Å². The molecule has 1 fully saturated rings. The molecule has 1 heterocycles. The summed E-state index contributed by atoms with van der Waals surface area (Å²) in [5.74, 6) is 0.124. The standard InChI is InChI=1S/C8H12N2OS/c1-7(11)10-4-2-3-8(5-10)9-6-12/h8H,2-5H2,1H3/t8-/m1/s1. The lowest BCUT2D eigenvalue weighted by atomic mass is 10.1. The lowest BCUT2D eigenvalue weighted by Gasteiger charge is -2.29. The molecule has 0 bridgehead atoms. The first-order chi connectivity index (χ1) is 5.74. The molecule has 0 radical (unpaired) electrons. The Morgan fingerprint density at radius 3 is 3.08 bits per heavy atom. The van der Waals surface area contributed by atoms with Crippen molar-refractivity contribution in [2.45, 2.75) is 25.8 Å². The number of carbonyl (C=O) groups excluding carboxylic acids is 1. The molecule has 0 aliphatic carbocycles. The minimum absolute atomic E-state index is 0.124. The first kappa shape index (κ1) is 9.36. The summed E-state index contributed by atoms with van der Waals surface area (Å²) in [7, 11) is 0. The molecule has 1 rings (SSSR count). The molecule has 1 saturated heterocycles. The highest BCUT2D eigenvalue weighted by atomic mass is 32.1. The fraction of sp³-hybridized carbons (Fsp3) is 0.750. The number of rotatable bonds is 1. The van der Waals surface area contributed by atoms with Crippen molar-refractivity contribution < 1.29 is 4.79 Å². The quantitative estimate of drug-likeness (QED) is 0.451. The normalized spacial score (nSPS) is 23.1. The Morgan fingerprint density at radius 1 is 1.75 bits per heavy atom.